The van der Waals surface area contributed by atoms with Crippen molar-refractivity contribution < 1.29 is 9.90 Å². The Bertz CT molecular complexity index is 1020. The smallest absolute Gasteiger partial charge is 0.356 e. The number of carboxylic acids is 1. The van der Waals surface area contributed by atoms with Gasteiger partial charge in [0.2, 0.25) is 0 Å². The van der Waals surface area contributed by atoms with Crippen LogP contribution in [0.3, 0.4) is 0 Å². The quantitative estimate of drug-likeness (QED) is 0.322. The molecule has 0 aliphatic heterocycles. The van der Waals surface area contributed by atoms with Crippen molar-refractivity contribution in [1.29, 1.82) is 5.26 Å². The molecule has 0 unspecified atom stereocenters. The lowest BCUT2D eigenvalue weighted by Gasteiger charge is -2.06. The summed E-state index contributed by atoms with van der Waals surface area (Å²) in [5.74, 6) is -1.11. The number of carboxylic acid groups (broad SMARTS) is 1. The summed E-state index contributed by atoms with van der Waals surface area (Å²) < 4.78 is 1.48. The van der Waals surface area contributed by atoms with Crippen molar-refractivity contribution in [2.24, 2.45) is 4.99 Å². The number of aromatic nitrogens is 3. The van der Waals surface area contributed by atoms with Gasteiger partial charge in [-0.05, 0) is 24.5 Å². The molecule has 2 aromatic heterocycles. The van der Waals surface area contributed by atoms with Gasteiger partial charge < -0.3 is 5.11 Å². The normalized spacial score (nSPS) is 11.3. The summed E-state index contributed by atoms with van der Waals surface area (Å²) in [7, 11) is 0. The highest BCUT2D eigenvalue weighted by atomic mass is 32.2. The molecular weight excluding hydrogens is 340 g/mol. The summed E-state index contributed by atoms with van der Waals surface area (Å²) in [6.45, 7) is 0. The minimum absolute atomic E-state index is 0.0722. The van der Waals surface area contributed by atoms with Crippen LogP contribution in [0.15, 0.2) is 47.6 Å². The van der Waals surface area contributed by atoms with Gasteiger partial charge in [-0.2, -0.15) is 10.4 Å². The Morgan fingerprint density at radius 1 is 1.40 bits per heavy atom. The highest BCUT2D eigenvalue weighted by molar-refractivity contribution is 8.13. The van der Waals surface area contributed by atoms with E-state index in [1.807, 2.05) is 36.7 Å². The largest absolute Gasteiger partial charge is 0.476 e. The number of aliphatic imine (C=N–C) groups is 1. The number of carbonyl (C=O) groups is 1. The van der Waals surface area contributed by atoms with Crippen LogP contribution in [0.4, 0.5) is 5.69 Å². The molecule has 0 saturated heterocycles. The van der Waals surface area contributed by atoms with Crippen molar-refractivity contribution in [2.45, 2.75) is 0 Å². The van der Waals surface area contributed by atoms with Crippen LogP contribution in [-0.2, 0) is 0 Å². The number of nitriles is 1. The van der Waals surface area contributed by atoms with Gasteiger partial charge in [0.1, 0.15) is 0 Å². The van der Waals surface area contributed by atoms with Crippen molar-refractivity contribution in [1.82, 2.24) is 19.9 Å². The van der Waals surface area contributed by atoms with Gasteiger partial charge in [-0.3, -0.25) is 5.32 Å². The molecule has 25 heavy (non-hydrogen) atoms. The van der Waals surface area contributed by atoms with Crippen molar-refractivity contribution in [3.63, 3.8) is 0 Å². The summed E-state index contributed by atoms with van der Waals surface area (Å²) in [6.07, 6.45) is 5.25. The molecule has 0 saturated carbocycles. The molecular formula is C16H12N6O2S. The molecule has 1 aromatic carbocycles. The number of nitrogens with zero attached hydrogens (tertiary/aromatic N) is 5. The van der Waals surface area contributed by atoms with Gasteiger partial charge in [-0.1, -0.05) is 23.9 Å². The third-order valence-corrected chi connectivity index (χ3v) is 3.89. The number of rotatable bonds is 3. The molecule has 0 atom stereocenters. The van der Waals surface area contributed by atoms with E-state index in [0.717, 1.165) is 5.56 Å². The fraction of sp³-hybridized carbons (Fsp3) is 0.0625. The van der Waals surface area contributed by atoms with Crippen LogP contribution in [0.1, 0.15) is 10.5 Å². The Balaban J connectivity index is 2.08. The van der Waals surface area contributed by atoms with Gasteiger partial charge in [0.05, 0.1) is 11.4 Å². The first-order valence-electron chi connectivity index (χ1n) is 7.08. The molecule has 3 aromatic rings. The van der Waals surface area contributed by atoms with Crippen molar-refractivity contribution in [3.05, 3.63) is 48.3 Å². The third-order valence-electron chi connectivity index (χ3n) is 3.31. The zero-order valence-corrected chi connectivity index (χ0v) is 13.9. The molecule has 2 heterocycles. The van der Waals surface area contributed by atoms with E-state index in [2.05, 4.69) is 20.4 Å². The van der Waals surface area contributed by atoms with Crippen molar-refractivity contribution in [2.75, 3.05) is 6.26 Å². The first-order valence-corrected chi connectivity index (χ1v) is 8.31. The van der Waals surface area contributed by atoms with Gasteiger partial charge >= 0.3 is 5.97 Å². The van der Waals surface area contributed by atoms with Crippen LogP contribution in [0.25, 0.3) is 16.9 Å². The van der Waals surface area contributed by atoms with E-state index in [0.29, 0.717) is 22.2 Å². The number of fused-ring (bicyclic) bond motifs is 1. The van der Waals surface area contributed by atoms with Gasteiger partial charge in [-0.25, -0.2) is 19.3 Å². The molecule has 0 aliphatic carbocycles. The highest BCUT2D eigenvalue weighted by Gasteiger charge is 2.13. The van der Waals surface area contributed by atoms with Crippen LogP contribution < -0.4 is 5.32 Å². The fourth-order valence-corrected chi connectivity index (χ4v) is 2.59. The lowest BCUT2D eigenvalue weighted by atomic mass is 10.1. The maximum atomic E-state index is 11.1. The molecule has 9 heteroatoms. The van der Waals surface area contributed by atoms with Crippen LogP contribution in [-0.4, -0.2) is 37.1 Å². The van der Waals surface area contributed by atoms with Gasteiger partial charge in [0.25, 0.3) is 0 Å². The number of aromatic carboxylic acids is 1. The molecule has 0 amide bonds. The molecule has 0 radical (unpaired) electrons. The number of thioether (sulfide) groups is 1. The second-order valence-corrected chi connectivity index (χ2v) is 5.64. The van der Waals surface area contributed by atoms with Crippen LogP contribution in [0.5, 0.6) is 0 Å². The average Bonchev–Trinajstić information content (AvgIpc) is 3.06. The SMILES string of the molecule is CSC(=Nc1cccc(-c2ccnc3cc(C(=O)O)nn23)c1)NC#N. The average molecular weight is 352 g/mol. The minimum atomic E-state index is -1.11. The predicted molar refractivity (Wildman–Crippen MR) is 94.7 cm³/mol. The lowest BCUT2D eigenvalue weighted by molar-refractivity contribution is 0.0690. The highest BCUT2D eigenvalue weighted by Crippen LogP contribution is 2.25. The monoisotopic (exact) mass is 352 g/mol. The van der Waals surface area contributed by atoms with Crippen molar-refractivity contribution in [3.8, 4) is 17.5 Å². The Labute approximate surface area is 146 Å². The summed E-state index contributed by atoms with van der Waals surface area (Å²) in [6, 6.07) is 10.5. The summed E-state index contributed by atoms with van der Waals surface area (Å²) in [4.78, 5) is 19.6. The van der Waals surface area contributed by atoms with Crippen LogP contribution >= 0.6 is 11.8 Å². The van der Waals surface area contributed by atoms with E-state index in [9.17, 15) is 4.79 Å². The lowest BCUT2D eigenvalue weighted by Crippen LogP contribution is -2.12. The Morgan fingerprint density at radius 2 is 2.24 bits per heavy atom. The first-order chi connectivity index (χ1) is 12.1. The molecule has 2 N–H and O–H groups in total. The Morgan fingerprint density at radius 3 is 2.96 bits per heavy atom. The summed E-state index contributed by atoms with van der Waals surface area (Å²) in [5, 5.41) is 24.9. The molecule has 124 valence electrons. The Kier molecular flexibility index (Phi) is 4.63. The summed E-state index contributed by atoms with van der Waals surface area (Å²) in [5.41, 5.74) is 2.51. The molecule has 0 fully saturated rings. The number of nitrogens with one attached hydrogen (secondary N) is 1. The predicted octanol–water partition coefficient (Wildman–Crippen LogP) is 2.52. The van der Waals surface area contributed by atoms with Crippen LogP contribution in [0, 0.1) is 11.5 Å². The van der Waals surface area contributed by atoms with Gasteiger partial charge in [0, 0.05) is 17.8 Å². The van der Waals surface area contributed by atoms with E-state index >= 15 is 0 Å². The zero-order valence-electron chi connectivity index (χ0n) is 13.0. The fourth-order valence-electron chi connectivity index (χ4n) is 2.24. The molecule has 0 spiro atoms. The van der Waals surface area contributed by atoms with E-state index in [1.165, 1.54) is 22.3 Å². The topological polar surface area (TPSA) is 116 Å². The number of hydrogen-bond donors (Lipinski definition) is 2. The van der Waals surface area contributed by atoms with Gasteiger partial charge in [0.15, 0.2) is 22.7 Å². The second-order valence-electron chi connectivity index (χ2n) is 4.84. The maximum Gasteiger partial charge on any atom is 0.356 e. The third kappa shape index (κ3) is 3.44. The Hall–Kier alpha value is -3.38. The zero-order chi connectivity index (χ0) is 17.8. The summed E-state index contributed by atoms with van der Waals surface area (Å²) >= 11 is 1.32. The van der Waals surface area contributed by atoms with E-state index in [4.69, 9.17) is 10.4 Å². The van der Waals surface area contributed by atoms with Crippen LogP contribution in [0.2, 0.25) is 0 Å². The maximum absolute atomic E-state index is 11.1. The van der Waals surface area contributed by atoms with Gasteiger partial charge in [-0.15, -0.1) is 0 Å². The van der Waals surface area contributed by atoms with E-state index in [1.54, 1.807) is 12.3 Å². The second kappa shape index (κ2) is 7.02. The number of benzene rings is 1. The molecule has 0 aliphatic rings. The standard InChI is InChI=1S/C16H12N6O2S/c1-25-16(19-9-17)20-11-4-2-3-10(7-11)13-5-6-18-14-8-12(15(23)24)21-22(13)14/h2-8H,1H3,(H,19,20)(H,23,24). The minimum Gasteiger partial charge on any atom is -0.476 e. The number of amidine groups is 1. The molecule has 3 rings (SSSR count). The molecule has 0 bridgehead atoms. The van der Waals surface area contributed by atoms with Crippen molar-refractivity contribution >= 4 is 34.2 Å². The first kappa shape index (κ1) is 16.5. The van der Waals surface area contributed by atoms with E-state index < -0.39 is 5.97 Å². The molecule has 8 nitrogen and oxygen atoms in total. The van der Waals surface area contributed by atoms with E-state index in [-0.39, 0.29) is 5.69 Å². The number of hydrogen-bond acceptors (Lipinski definition) is 6.